The monoisotopic (exact) mass is 380 g/mol. The van der Waals surface area contributed by atoms with Gasteiger partial charge in [0, 0.05) is 24.8 Å². The normalized spacial score (nSPS) is 15.5. The molecule has 7 nitrogen and oxygen atoms in total. The molecular formula is C21H24N4O3. The molecular weight excluding hydrogens is 356 g/mol. The predicted molar refractivity (Wildman–Crippen MR) is 107 cm³/mol. The second-order valence-electron chi connectivity index (χ2n) is 6.58. The summed E-state index contributed by atoms with van der Waals surface area (Å²) in [5.41, 5.74) is 2.53. The number of methoxy groups -OCH3 is 2. The van der Waals surface area contributed by atoms with Gasteiger partial charge in [-0.3, -0.25) is 4.79 Å². The van der Waals surface area contributed by atoms with E-state index in [1.165, 1.54) is 0 Å². The van der Waals surface area contributed by atoms with Gasteiger partial charge < -0.3 is 25.4 Å². The van der Waals surface area contributed by atoms with E-state index >= 15 is 0 Å². The second-order valence-corrected chi connectivity index (χ2v) is 6.58. The molecule has 1 heterocycles. The summed E-state index contributed by atoms with van der Waals surface area (Å²) in [6.07, 6.45) is 0.993. The van der Waals surface area contributed by atoms with Crippen molar-refractivity contribution in [2.75, 3.05) is 32.6 Å². The molecule has 1 amide bonds. The van der Waals surface area contributed by atoms with Gasteiger partial charge in [0.1, 0.15) is 0 Å². The van der Waals surface area contributed by atoms with Crippen LogP contribution in [0.2, 0.25) is 0 Å². The molecule has 28 heavy (non-hydrogen) atoms. The average Bonchev–Trinajstić information content (AvgIpc) is 3.25. The van der Waals surface area contributed by atoms with Crippen LogP contribution in [0.25, 0.3) is 0 Å². The first-order valence-electron chi connectivity index (χ1n) is 9.15. The number of hydrogen-bond donors (Lipinski definition) is 3. The molecule has 1 saturated heterocycles. The van der Waals surface area contributed by atoms with Crippen molar-refractivity contribution >= 4 is 11.6 Å². The van der Waals surface area contributed by atoms with E-state index < -0.39 is 0 Å². The van der Waals surface area contributed by atoms with E-state index in [0.717, 1.165) is 30.8 Å². The van der Waals surface area contributed by atoms with Crippen LogP contribution in [0.1, 0.15) is 27.9 Å². The Bertz CT molecular complexity index is 886. The summed E-state index contributed by atoms with van der Waals surface area (Å²) in [7, 11) is 3.15. The van der Waals surface area contributed by atoms with Crippen LogP contribution in [0.3, 0.4) is 0 Å². The van der Waals surface area contributed by atoms with Gasteiger partial charge in [0.2, 0.25) is 0 Å². The molecule has 1 aliphatic heterocycles. The van der Waals surface area contributed by atoms with E-state index in [2.05, 4.69) is 22.0 Å². The zero-order valence-corrected chi connectivity index (χ0v) is 16.0. The smallest absolute Gasteiger partial charge is 0.253 e. The Kier molecular flexibility index (Phi) is 6.35. The molecule has 3 N–H and O–H groups in total. The number of anilines is 1. The number of nitrogens with zero attached hydrogens (tertiary/aromatic N) is 1. The largest absolute Gasteiger partial charge is 0.493 e. The van der Waals surface area contributed by atoms with Crippen molar-refractivity contribution in [2.24, 2.45) is 0 Å². The van der Waals surface area contributed by atoms with Gasteiger partial charge >= 0.3 is 0 Å². The number of carbonyl (C=O) groups is 1. The fraction of sp³-hybridized carbons (Fsp3) is 0.333. The van der Waals surface area contributed by atoms with E-state index in [1.807, 2.05) is 12.1 Å². The van der Waals surface area contributed by atoms with Crippen molar-refractivity contribution in [2.45, 2.75) is 19.0 Å². The van der Waals surface area contributed by atoms with E-state index in [-0.39, 0.29) is 11.9 Å². The van der Waals surface area contributed by atoms with Crippen LogP contribution in [-0.2, 0) is 6.54 Å². The van der Waals surface area contributed by atoms with Crippen LogP contribution < -0.4 is 25.4 Å². The number of hydrogen-bond acceptors (Lipinski definition) is 6. The summed E-state index contributed by atoms with van der Waals surface area (Å²) in [4.78, 5) is 12.8. The first-order chi connectivity index (χ1) is 13.6. The lowest BCUT2D eigenvalue weighted by Crippen LogP contribution is -2.27. The lowest BCUT2D eigenvalue weighted by molar-refractivity contribution is 0.0951. The summed E-state index contributed by atoms with van der Waals surface area (Å²) >= 11 is 0. The van der Waals surface area contributed by atoms with Gasteiger partial charge in [0.05, 0.1) is 31.4 Å². The van der Waals surface area contributed by atoms with Gasteiger partial charge in [-0.15, -0.1) is 0 Å². The number of carbonyl (C=O) groups excluding carboxylic acids is 1. The van der Waals surface area contributed by atoms with Crippen molar-refractivity contribution in [1.82, 2.24) is 10.6 Å². The van der Waals surface area contributed by atoms with E-state index in [0.29, 0.717) is 29.2 Å². The number of benzene rings is 2. The third-order valence-corrected chi connectivity index (χ3v) is 4.71. The van der Waals surface area contributed by atoms with Gasteiger partial charge in [-0.25, -0.2) is 0 Å². The Morgan fingerprint density at radius 2 is 2.04 bits per heavy atom. The molecule has 146 valence electrons. The second kappa shape index (κ2) is 9.11. The molecule has 1 unspecified atom stereocenters. The standard InChI is InChI=1S/C21H24N4O3/c1-27-19-6-4-15(10-20(19)28-2)12-24-21(26)17-9-14(11-22)3-5-18(17)25-16-7-8-23-13-16/h3-6,9-10,16,23,25H,7-8,12-13H2,1-2H3,(H,24,26). The summed E-state index contributed by atoms with van der Waals surface area (Å²) in [6.45, 7) is 2.14. The zero-order valence-electron chi connectivity index (χ0n) is 16.0. The van der Waals surface area contributed by atoms with E-state index in [1.54, 1.807) is 38.5 Å². The van der Waals surface area contributed by atoms with Crippen molar-refractivity contribution < 1.29 is 14.3 Å². The van der Waals surface area contributed by atoms with Crippen LogP contribution in [0, 0.1) is 11.3 Å². The summed E-state index contributed by atoms with van der Waals surface area (Å²) in [5, 5.41) is 18.8. The lowest BCUT2D eigenvalue weighted by Gasteiger charge is -2.17. The van der Waals surface area contributed by atoms with Crippen LogP contribution in [0.4, 0.5) is 5.69 Å². The summed E-state index contributed by atoms with van der Waals surface area (Å²) in [6, 6.07) is 13.0. The van der Waals surface area contributed by atoms with Gasteiger partial charge in [-0.1, -0.05) is 6.07 Å². The summed E-state index contributed by atoms with van der Waals surface area (Å²) in [5.74, 6) is 1.01. The highest BCUT2D eigenvalue weighted by molar-refractivity contribution is 6.00. The fourth-order valence-electron chi connectivity index (χ4n) is 3.19. The summed E-state index contributed by atoms with van der Waals surface area (Å²) < 4.78 is 10.5. The zero-order chi connectivity index (χ0) is 19.9. The molecule has 7 heteroatoms. The Hall–Kier alpha value is -3.24. The maximum Gasteiger partial charge on any atom is 0.253 e. The van der Waals surface area contributed by atoms with Crippen molar-refractivity contribution in [1.29, 1.82) is 5.26 Å². The molecule has 2 aromatic rings. The molecule has 0 aromatic heterocycles. The highest BCUT2D eigenvalue weighted by Crippen LogP contribution is 2.27. The Morgan fingerprint density at radius 3 is 2.71 bits per heavy atom. The van der Waals surface area contributed by atoms with Crippen molar-refractivity contribution in [3.63, 3.8) is 0 Å². The van der Waals surface area contributed by atoms with Crippen molar-refractivity contribution in [3.8, 4) is 17.6 Å². The molecule has 0 bridgehead atoms. The molecule has 1 aliphatic rings. The minimum Gasteiger partial charge on any atom is -0.493 e. The van der Waals surface area contributed by atoms with Crippen molar-refractivity contribution in [3.05, 3.63) is 53.1 Å². The first kappa shape index (κ1) is 19.5. The molecule has 0 spiro atoms. The van der Waals surface area contributed by atoms with Gasteiger partial charge in [0.15, 0.2) is 11.5 Å². The molecule has 3 rings (SSSR count). The molecule has 0 saturated carbocycles. The number of amides is 1. The molecule has 0 aliphatic carbocycles. The molecule has 1 fully saturated rings. The van der Waals surface area contributed by atoms with Gasteiger partial charge in [-0.2, -0.15) is 5.26 Å². The first-order valence-corrected chi connectivity index (χ1v) is 9.15. The van der Waals surface area contributed by atoms with Gasteiger partial charge in [-0.05, 0) is 48.9 Å². The number of rotatable bonds is 7. The van der Waals surface area contributed by atoms with E-state index in [9.17, 15) is 10.1 Å². The number of ether oxygens (including phenoxy) is 2. The molecule has 1 atom stereocenters. The third-order valence-electron chi connectivity index (χ3n) is 4.71. The maximum absolute atomic E-state index is 12.8. The number of nitrogens with one attached hydrogen (secondary N) is 3. The third kappa shape index (κ3) is 4.53. The Labute approximate surface area is 164 Å². The minimum atomic E-state index is -0.236. The Morgan fingerprint density at radius 1 is 1.21 bits per heavy atom. The predicted octanol–water partition coefficient (Wildman–Crippen LogP) is 2.28. The maximum atomic E-state index is 12.8. The lowest BCUT2D eigenvalue weighted by atomic mass is 10.1. The number of nitriles is 1. The Balaban J connectivity index is 1.75. The van der Waals surface area contributed by atoms with Crippen LogP contribution in [0.15, 0.2) is 36.4 Å². The topological polar surface area (TPSA) is 95.4 Å². The average molecular weight is 380 g/mol. The van der Waals surface area contributed by atoms with E-state index in [4.69, 9.17) is 9.47 Å². The molecule has 0 radical (unpaired) electrons. The highest BCUT2D eigenvalue weighted by atomic mass is 16.5. The SMILES string of the molecule is COc1ccc(CNC(=O)c2cc(C#N)ccc2NC2CCNC2)cc1OC. The molecule has 2 aromatic carbocycles. The van der Waals surface area contributed by atoms with Gasteiger partial charge in [0.25, 0.3) is 5.91 Å². The minimum absolute atomic E-state index is 0.236. The quantitative estimate of drug-likeness (QED) is 0.682. The fourth-order valence-corrected chi connectivity index (χ4v) is 3.19. The van der Waals surface area contributed by atoms with Crippen LogP contribution in [0.5, 0.6) is 11.5 Å². The van der Waals surface area contributed by atoms with Crippen LogP contribution >= 0.6 is 0 Å². The highest BCUT2D eigenvalue weighted by Gasteiger charge is 2.18. The van der Waals surface area contributed by atoms with Crippen LogP contribution in [-0.4, -0.2) is 39.3 Å².